The predicted molar refractivity (Wildman–Crippen MR) is 56.8 cm³/mol. The van der Waals surface area contributed by atoms with E-state index in [0.29, 0.717) is 5.02 Å². The standard InChI is InChI=1S/C10H10ClO2P/c11-7-2-1-3-8(6-7)14(12)5-4-9-10(14)13-9/h1-3,6,9-10H,4-5H2/t9-,10+,14?/m1/s1. The fraction of sp³-hybridized carbons (Fsp3) is 0.400. The topological polar surface area (TPSA) is 29.6 Å². The van der Waals surface area contributed by atoms with Crippen LogP contribution in [0.4, 0.5) is 0 Å². The third-order valence-corrected chi connectivity index (χ3v) is 6.54. The highest BCUT2D eigenvalue weighted by molar-refractivity contribution is 7.72. The summed E-state index contributed by atoms with van der Waals surface area (Å²) in [6.07, 6.45) is 1.98. The largest absolute Gasteiger partial charge is 0.361 e. The normalized spacial score (nSPS) is 39.5. The Labute approximate surface area is 87.6 Å². The lowest BCUT2D eigenvalue weighted by molar-refractivity contribution is 0.380. The minimum Gasteiger partial charge on any atom is -0.361 e. The molecule has 3 rings (SSSR count). The lowest BCUT2D eigenvalue weighted by Crippen LogP contribution is -2.08. The van der Waals surface area contributed by atoms with Crippen molar-refractivity contribution in [3.63, 3.8) is 0 Å². The van der Waals surface area contributed by atoms with Gasteiger partial charge in [0.25, 0.3) is 0 Å². The van der Waals surface area contributed by atoms with Crippen molar-refractivity contribution in [1.29, 1.82) is 0 Å². The van der Waals surface area contributed by atoms with Crippen LogP contribution >= 0.6 is 18.7 Å². The molecule has 0 saturated carbocycles. The molecule has 1 aromatic rings. The van der Waals surface area contributed by atoms with Crippen molar-refractivity contribution in [1.82, 2.24) is 0 Å². The first-order chi connectivity index (χ1) is 6.70. The molecule has 1 aromatic carbocycles. The number of rotatable bonds is 1. The Hall–Kier alpha value is -0.300. The summed E-state index contributed by atoms with van der Waals surface area (Å²) in [4.78, 5) is 0. The lowest BCUT2D eigenvalue weighted by Gasteiger charge is -2.12. The maximum Gasteiger partial charge on any atom is 0.145 e. The number of benzene rings is 1. The molecule has 2 aliphatic heterocycles. The Bertz CT molecular complexity index is 432. The number of hydrogen-bond donors (Lipinski definition) is 0. The molecule has 14 heavy (non-hydrogen) atoms. The van der Waals surface area contributed by atoms with Gasteiger partial charge in [-0.05, 0) is 18.6 Å². The summed E-state index contributed by atoms with van der Waals surface area (Å²) in [7, 11) is -2.27. The molecule has 2 aliphatic rings. The van der Waals surface area contributed by atoms with Gasteiger partial charge >= 0.3 is 0 Å². The van der Waals surface area contributed by atoms with Crippen molar-refractivity contribution in [2.45, 2.75) is 18.4 Å². The van der Waals surface area contributed by atoms with Crippen LogP contribution in [0.15, 0.2) is 24.3 Å². The second-order valence-electron chi connectivity index (χ2n) is 3.85. The van der Waals surface area contributed by atoms with E-state index in [4.69, 9.17) is 16.3 Å². The number of epoxide rings is 1. The monoisotopic (exact) mass is 228 g/mol. The lowest BCUT2D eigenvalue weighted by atomic mass is 10.4. The molecule has 0 bridgehead atoms. The van der Waals surface area contributed by atoms with Crippen molar-refractivity contribution in [3.05, 3.63) is 29.3 Å². The fourth-order valence-electron chi connectivity index (χ4n) is 2.15. The molecule has 0 aromatic heterocycles. The van der Waals surface area contributed by atoms with Gasteiger partial charge in [-0.1, -0.05) is 23.7 Å². The molecule has 4 heteroatoms. The average molecular weight is 229 g/mol. The van der Waals surface area contributed by atoms with Crippen molar-refractivity contribution in [2.24, 2.45) is 0 Å². The number of ether oxygens (including phenoxy) is 1. The first kappa shape index (κ1) is 8.96. The molecule has 1 unspecified atom stereocenters. The first-order valence-electron chi connectivity index (χ1n) is 4.70. The van der Waals surface area contributed by atoms with E-state index in [0.717, 1.165) is 17.9 Å². The Kier molecular flexibility index (Phi) is 1.82. The molecule has 0 amide bonds. The third-order valence-electron chi connectivity index (χ3n) is 2.96. The molecule has 2 fully saturated rings. The zero-order valence-electron chi connectivity index (χ0n) is 7.52. The Morgan fingerprint density at radius 1 is 1.50 bits per heavy atom. The summed E-state index contributed by atoms with van der Waals surface area (Å²) < 4.78 is 17.9. The summed E-state index contributed by atoms with van der Waals surface area (Å²) in [6, 6.07) is 7.37. The number of halogens is 1. The van der Waals surface area contributed by atoms with Crippen LogP contribution in [0.5, 0.6) is 0 Å². The van der Waals surface area contributed by atoms with Crippen LogP contribution in [0.1, 0.15) is 6.42 Å². The molecule has 2 heterocycles. The van der Waals surface area contributed by atoms with E-state index in [2.05, 4.69) is 0 Å². The number of fused-ring (bicyclic) bond motifs is 1. The Morgan fingerprint density at radius 3 is 2.93 bits per heavy atom. The van der Waals surface area contributed by atoms with E-state index in [9.17, 15) is 4.57 Å². The summed E-state index contributed by atoms with van der Waals surface area (Å²) in [5.74, 6) is 0.000895. The third kappa shape index (κ3) is 1.18. The molecule has 2 saturated heterocycles. The van der Waals surface area contributed by atoms with E-state index in [1.807, 2.05) is 18.2 Å². The van der Waals surface area contributed by atoms with Crippen LogP contribution in [0.3, 0.4) is 0 Å². The van der Waals surface area contributed by atoms with Crippen LogP contribution in [0.25, 0.3) is 0 Å². The maximum absolute atomic E-state index is 12.6. The fourth-order valence-corrected chi connectivity index (χ4v) is 5.59. The van der Waals surface area contributed by atoms with Crippen LogP contribution in [-0.4, -0.2) is 18.1 Å². The predicted octanol–water partition coefficient (Wildman–Crippen LogP) is 2.46. The van der Waals surface area contributed by atoms with Crippen molar-refractivity contribution >= 4 is 24.0 Å². The van der Waals surface area contributed by atoms with Gasteiger partial charge in [0.2, 0.25) is 0 Å². The van der Waals surface area contributed by atoms with Gasteiger partial charge < -0.3 is 9.30 Å². The van der Waals surface area contributed by atoms with E-state index in [1.165, 1.54) is 0 Å². The molecular weight excluding hydrogens is 219 g/mol. The molecule has 0 aliphatic carbocycles. The second-order valence-corrected chi connectivity index (χ2v) is 7.35. The molecule has 0 radical (unpaired) electrons. The van der Waals surface area contributed by atoms with Gasteiger partial charge in [-0.3, -0.25) is 0 Å². The van der Waals surface area contributed by atoms with Crippen LogP contribution in [0.2, 0.25) is 5.02 Å². The van der Waals surface area contributed by atoms with Crippen LogP contribution in [-0.2, 0) is 9.30 Å². The molecule has 74 valence electrons. The van der Waals surface area contributed by atoms with E-state index in [1.54, 1.807) is 6.07 Å². The van der Waals surface area contributed by atoms with Gasteiger partial charge in [0.1, 0.15) is 13.0 Å². The van der Waals surface area contributed by atoms with Crippen molar-refractivity contribution in [2.75, 3.05) is 6.16 Å². The maximum atomic E-state index is 12.6. The summed E-state index contributed by atoms with van der Waals surface area (Å²) >= 11 is 5.88. The Balaban J connectivity index is 2.06. The second kappa shape index (κ2) is 2.85. The average Bonchev–Trinajstić information content (AvgIpc) is 2.88. The van der Waals surface area contributed by atoms with E-state index >= 15 is 0 Å². The minimum absolute atomic E-state index is 0.000895. The van der Waals surface area contributed by atoms with Crippen molar-refractivity contribution < 1.29 is 9.30 Å². The SMILES string of the molecule is O=P1(c2cccc(Cl)c2)CC[C@H]2O[C@H]21. The highest BCUT2D eigenvalue weighted by Gasteiger charge is 2.58. The minimum atomic E-state index is -2.27. The van der Waals surface area contributed by atoms with Crippen LogP contribution < -0.4 is 5.30 Å². The van der Waals surface area contributed by atoms with Crippen LogP contribution in [0, 0.1) is 0 Å². The molecule has 0 spiro atoms. The highest BCUT2D eigenvalue weighted by Crippen LogP contribution is 2.65. The van der Waals surface area contributed by atoms with Gasteiger partial charge in [0.15, 0.2) is 0 Å². The Morgan fingerprint density at radius 2 is 2.36 bits per heavy atom. The zero-order valence-corrected chi connectivity index (χ0v) is 9.17. The molecular formula is C10H10ClO2P. The van der Waals surface area contributed by atoms with Gasteiger partial charge in [-0.25, -0.2) is 0 Å². The summed E-state index contributed by atoms with van der Waals surface area (Å²) in [5.41, 5.74) is 0. The van der Waals surface area contributed by atoms with Gasteiger partial charge in [0.05, 0.1) is 6.10 Å². The smallest absolute Gasteiger partial charge is 0.145 e. The van der Waals surface area contributed by atoms with Crippen molar-refractivity contribution in [3.8, 4) is 0 Å². The van der Waals surface area contributed by atoms with E-state index < -0.39 is 7.14 Å². The number of hydrogen-bond acceptors (Lipinski definition) is 2. The zero-order chi connectivity index (χ0) is 9.76. The molecule has 0 N–H and O–H groups in total. The quantitative estimate of drug-likeness (QED) is 0.546. The summed E-state index contributed by atoms with van der Waals surface area (Å²) in [5, 5.41) is 1.54. The highest BCUT2D eigenvalue weighted by atomic mass is 35.5. The van der Waals surface area contributed by atoms with E-state index in [-0.39, 0.29) is 11.9 Å². The molecule has 2 nitrogen and oxygen atoms in total. The van der Waals surface area contributed by atoms with Gasteiger partial charge in [-0.2, -0.15) is 0 Å². The molecule has 3 atom stereocenters. The first-order valence-corrected chi connectivity index (χ1v) is 7.04. The van der Waals surface area contributed by atoms with Gasteiger partial charge in [0, 0.05) is 16.5 Å². The summed E-state index contributed by atoms with van der Waals surface area (Å²) in [6.45, 7) is 0. The van der Waals surface area contributed by atoms with Gasteiger partial charge in [-0.15, -0.1) is 0 Å².